The van der Waals surface area contributed by atoms with Crippen LogP contribution in [-0.4, -0.2) is 9.97 Å². The van der Waals surface area contributed by atoms with Crippen LogP contribution in [0.5, 0.6) is 0 Å². The highest BCUT2D eigenvalue weighted by Crippen LogP contribution is 2.27. The predicted molar refractivity (Wildman–Crippen MR) is 74.1 cm³/mol. The molecule has 0 radical (unpaired) electrons. The molecule has 0 aliphatic carbocycles. The molecule has 0 fully saturated rings. The van der Waals surface area contributed by atoms with E-state index in [1.807, 2.05) is 31.3 Å². The zero-order valence-electron chi connectivity index (χ0n) is 10.1. The number of benzene rings is 1. The van der Waals surface area contributed by atoms with Crippen molar-refractivity contribution in [2.75, 3.05) is 5.73 Å². The average Bonchev–Trinajstić information content (AvgIpc) is 2.41. The van der Waals surface area contributed by atoms with Crippen LogP contribution in [0.3, 0.4) is 0 Å². The maximum atomic E-state index is 5.81. The molecule has 18 heavy (non-hydrogen) atoms. The number of anilines is 1. The molecule has 2 heterocycles. The van der Waals surface area contributed by atoms with E-state index in [0.29, 0.717) is 0 Å². The van der Waals surface area contributed by atoms with Crippen LogP contribution in [-0.2, 0) is 0 Å². The third-order valence-electron chi connectivity index (χ3n) is 3.11. The summed E-state index contributed by atoms with van der Waals surface area (Å²) in [5.41, 5.74) is 9.63. The maximum absolute atomic E-state index is 5.81. The first kappa shape index (κ1) is 10.7. The smallest absolute Gasteiger partial charge is 0.0712 e. The lowest BCUT2D eigenvalue weighted by Crippen LogP contribution is -1.93. The number of nitrogens with two attached hydrogens (primary N) is 1. The number of aryl methyl sites for hydroxylation is 1. The molecule has 0 aliphatic rings. The standard InChI is InChI=1S/C15H13N3/c1-10-7-15(18-9-14(10)16)13-4-2-3-11-8-17-6-5-12(11)13/h2-9H,16H2,1H3. The predicted octanol–water partition coefficient (Wildman–Crippen LogP) is 3.19. The number of hydrogen-bond acceptors (Lipinski definition) is 3. The van der Waals surface area contributed by atoms with Crippen molar-refractivity contribution in [3.8, 4) is 11.3 Å². The summed E-state index contributed by atoms with van der Waals surface area (Å²) in [4.78, 5) is 8.55. The number of aromatic nitrogens is 2. The topological polar surface area (TPSA) is 51.8 Å². The third-order valence-corrected chi connectivity index (χ3v) is 3.11. The Hall–Kier alpha value is -2.42. The van der Waals surface area contributed by atoms with Crippen molar-refractivity contribution in [1.29, 1.82) is 0 Å². The molecule has 0 unspecified atom stereocenters. The van der Waals surface area contributed by atoms with E-state index in [0.717, 1.165) is 33.3 Å². The van der Waals surface area contributed by atoms with E-state index in [9.17, 15) is 0 Å². The van der Waals surface area contributed by atoms with Gasteiger partial charge in [0.25, 0.3) is 0 Å². The van der Waals surface area contributed by atoms with E-state index in [1.54, 1.807) is 12.4 Å². The van der Waals surface area contributed by atoms with Crippen LogP contribution in [0.2, 0.25) is 0 Å². The first-order chi connectivity index (χ1) is 8.75. The summed E-state index contributed by atoms with van der Waals surface area (Å²) in [6.07, 6.45) is 5.38. The molecule has 3 rings (SSSR count). The van der Waals surface area contributed by atoms with E-state index < -0.39 is 0 Å². The van der Waals surface area contributed by atoms with Gasteiger partial charge in [0.05, 0.1) is 17.6 Å². The van der Waals surface area contributed by atoms with Crippen molar-refractivity contribution in [2.45, 2.75) is 6.92 Å². The molecule has 0 bridgehead atoms. The van der Waals surface area contributed by atoms with Crippen LogP contribution in [0.1, 0.15) is 5.56 Å². The molecule has 0 amide bonds. The van der Waals surface area contributed by atoms with Crippen molar-refractivity contribution in [3.63, 3.8) is 0 Å². The molecule has 3 aromatic rings. The number of nitrogens with zero attached hydrogens (tertiary/aromatic N) is 2. The van der Waals surface area contributed by atoms with Crippen molar-refractivity contribution < 1.29 is 0 Å². The Morgan fingerprint density at radius 1 is 1.11 bits per heavy atom. The van der Waals surface area contributed by atoms with E-state index >= 15 is 0 Å². The van der Waals surface area contributed by atoms with Crippen molar-refractivity contribution in [3.05, 3.63) is 54.5 Å². The Kier molecular flexibility index (Phi) is 2.45. The monoisotopic (exact) mass is 235 g/mol. The first-order valence-corrected chi connectivity index (χ1v) is 5.81. The van der Waals surface area contributed by atoms with Crippen LogP contribution in [0, 0.1) is 6.92 Å². The molecule has 0 aliphatic heterocycles. The minimum Gasteiger partial charge on any atom is -0.397 e. The quantitative estimate of drug-likeness (QED) is 0.704. The second kappa shape index (κ2) is 4.11. The van der Waals surface area contributed by atoms with Crippen LogP contribution < -0.4 is 5.73 Å². The summed E-state index contributed by atoms with van der Waals surface area (Å²) < 4.78 is 0. The minimum absolute atomic E-state index is 0.723. The number of rotatable bonds is 1. The fraction of sp³-hybridized carbons (Fsp3) is 0.0667. The van der Waals surface area contributed by atoms with Gasteiger partial charge in [0, 0.05) is 23.3 Å². The molecule has 3 nitrogen and oxygen atoms in total. The Balaban J connectivity index is 2.28. The Labute approximate surface area is 105 Å². The highest BCUT2D eigenvalue weighted by Gasteiger charge is 2.05. The third kappa shape index (κ3) is 1.70. The van der Waals surface area contributed by atoms with Crippen LogP contribution in [0.4, 0.5) is 5.69 Å². The molecule has 0 spiro atoms. The zero-order valence-corrected chi connectivity index (χ0v) is 10.1. The van der Waals surface area contributed by atoms with Crippen molar-refractivity contribution in [2.24, 2.45) is 0 Å². The lowest BCUT2D eigenvalue weighted by atomic mass is 10.0. The summed E-state index contributed by atoms with van der Waals surface area (Å²) in [6.45, 7) is 1.99. The molecule has 3 heteroatoms. The minimum atomic E-state index is 0.723. The highest BCUT2D eigenvalue weighted by molar-refractivity contribution is 5.95. The summed E-state index contributed by atoms with van der Waals surface area (Å²) >= 11 is 0. The normalized spacial score (nSPS) is 10.7. The highest BCUT2D eigenvalue weighted by atomic mass is 14.7. The van der Waals surface area contributed by atoms with Gasteiger partial charge in [0.1, 0.15) is 0 Å². The summed E-state index contributed by atoms with van der Waals surface area (Å²) in [6, 6.07) is 10.2. The van der Waals surface area contributed by atoms with Crippen LogP contribution in [0.25, 0.3) is 22.0 Å². The van der Waals surface area contributed by atoms with Crippen molar-refractivity contribution >= 4 is 16.5 Å². The van der Waals surface area contributed by atoms with Gasteiger partial charge in [0.15, 0.2) is 0 Å². The van der Waals surface area contributed by atoms with Gasteiger partial charge >= 0.3 is 0 Å². The van der Waals surface area contributed by atoms with Gasteiger partial charge in [-0.3, -0.25) is 9.97 Å². The van der Waals surface area contributed by atoms with Gasteiger partial charge in [-0.2, -0.15) is 0 Å². The number of fused-ring (bicyclic) bond motifs is 1. The lowest BCUT2D eigenvalue weighted by Gasteiger charge is -2.07. The Morgan fingerprint density at radius 2 is 2.00 bits per heavy atom. The molecule has 0 atom stereocenters. The second-order valence-corrected chi connectivity index (χ2v) is 4.33. The van der Waals surface area contributed by atoms with E-state index in [1.165, 1.54) is 0 Å². The van der Waals surface area contributed by atoms with Crippen LogP contribution in [0.15, 0.2) is 48.9 Å². The van der Waals surface area contributed by atoms with E-state index in [2.05, 4.69) is 22.1 Å². The summed E-state index contributed by atoms with van der Waals surface area (Å²) in [5.74, 6) is 0. The Bertz CT molecular complexity index is 715. The molecular weight excluding hydrogens is 222 g/mol. The molecule has 0 saturated heterocycles. The van der Waals surface area contributed by atoms with Gasteiger partial charge < -0.3 is 5.73 Å². The van der Waals surface area contributed by atoms with Gasteiger partial charge in [-0.15, -0.1) is 0 Å². The number of hydrogen-bond donors (Lipinski definition) is 1. The second-order valence-electron chi connectivity index (χ2n) is 4.33. The maximum Gasteiger partial charge on any atom is 0.0712 e. The molecule has 2 aromatic heterocycles. The van der Waals surface area contributed by atoms with Gasteiger partial charge in [0.2, 0.25) is 0 Å². The van der Waals surface area contributed by atoms with E-state index in [-0.39, 0.29) is 0 Å². The van der Waals surface area contributed by atoms with Crippen LogP contribution >= 0.6 is 0 Å². The van der Waals surface area contributed by atoms with Gasteiger partial charge in [-0.05, 0) is 30.0 Å². The van der Waals surface area contributed by atoms with Gasteiger partial charge in [-0.25, -0.2) is 0 Å². The molecular formula is C15H13N3. The van der Waals surface area contributed by atoms with Gasteiger partial charge in [-0.1, -0.05) is 18.2 Å². The Morgan fingerprint density at radius 3 is 2.83 bits per heavy atom. The molecule has 88 valence electrons. The van der Waals surface area contributed by atoms with Crippen molar-refractivity contribution in [1.82, 2.24) is 9.97 Å². The SMILES string of the molecule is Cc1cc(-c2cccc3cnccc23)ncc1N. The van der Waals surface area contributed by atoms with E-state index in [4.69, 9.17) is 5.73 Å². The molecule has 2 N–H and O–H groups in total. The number of nitrogen functional groups attached to an aromatic ring is 1. The lowest BCUT2D eigenvalue weighted by molar-refractivity contribution is 1.29. The average molecular weight is 235 g/mol. The molecule has 0 saturated carbocycles. The largest absolute Gasteiger partial charge is 0.397 e. The first-order valence-electron chi connectivity index (χ1n) is 5.81. The summed E-state index contributed by atoms with van der Waals surface area (Å²) in [7, 11) is 0. The summed E-state index contributed by atoms with van der Waals surface area (Å²) in [5, 5.41) is 2.27. The fourth-order valence-electron chi connectivity index (χ4n) is 2.06. The number of pyridine rings is 2. The zero-order chi connectivity index (χ0) is 12.5. The molecule has 1 aromatic carbocycles. The fourth-order valence-corrected chi connectivity index (χ4v) is 2.06.